The first-order valence-corrected chi connectivity index (χ1v) is 37.0. The Kier molecular flexibility index (Phi) is 48.5. The Balaban J connectivity index is 0.000000642. The second-order valence-corrected chi connectivity index (χ2v) is 25.9. The van der Waals surface area contributed by atoms with Crippen LogP contribution in [0, 0.1) is 13.8 Å². The number of carbonyl (C=O) groups excluding carboxylic acids is 8. The van der Waals surface area contributed by atoms with E-state index < -0.39 is 48.2 Å². The van der Waals surface area contributed by atoms with Crippen molar-refractivity contribution in [3.05, 3.63) is 170 Å². The lowest BCUT2D eigenvalue weighted by atomic mass is 9.92. The molecule has 0 bridgehead atoms. The van der Waals surface area contributed by atoms with Gasteiger partial charge in [0.15, 0.2) is 0 Å². The Morgan fingerprint density at radius 1 is 0.473 bits per heavy atom. The maximum atomic E-state index is 11.6. The molecule has 0 aliphatic heterocycles. The SMILES string of the molecule is CCCNC(=O)N(O)C1CCCCC1OC.CCCNC(=O)N(O)c1cccc(C)c1.CCNC(=O)N(O)c1cc(Cl)ccc1Cl.CCNC(=O)N(O)c1ccc(C(=O)OCC)cc1.CCNC(=O)N(O)c1ccccc1Br.COc1ccccc1N(O)C(=O)NC(C)C.Cc1ccc(Cl)c(N(O)C(=O)NC(C)C)c1. The van der Waals surface area contributed by atoms with Crippen molar-refractivity contribution in [3.63, 3.8) is 0 Å². The Labute approximate surface area is 665 Å². The molecule has 110 heavy (non-hydrogen) atoms. The van der Waals surface area contributed by atoms with Gasteiger partial charge in [-0.15, -0.1) is 0 Å². The summed E-state index contributed by atoms with van der Waals surface area (Å²) in [6, 6.07) is 32.0. The average Bonchev–Trinajstić information content (AvgIpc) is 0.862. The van der Waals surface area contributed by atoms with E-state index in [2.05, 4.69) is 53.1 Å². The molecule has 2 atom stereocenters. The molecule has 1 saturated carbocycles. The summed E-state index contributed by atoms with van der Waals surface area (Å²) >= 11 is 20.6. The fourth-order valence-electron chi connectivity index (χ4n) is 8.94. The number of anilines is 6. The van der Waals surface area contributed by atoms with Gasteiger partial charge in [0.25, 0.3) is 0 Å². The molecule has 6 aromatic rings. The van der Waals surface area contributed by atoms with Gasteiger partial charge in [0, 0.05) is 61.4 Å². The Hall–Kier alpha value is -9.49. The van der Waals surface area contributed by atoms with Crippen LogP contribution in [-0.4, -0.2) is 167 Å². The number of ether oxygens (including phenoxy) is 3. The number of urea groups is 7. The highest BCUT2D eigenvalue weighted by atomic mass is 79.9. The van der Waals surface area contributed by atoms with Gasteiger partial charge in [-0.05, 0) is 213 Å². The molecule has 6 aromatic carbocycles. The van der Waals surface area contributed by atoms with E-state index in [-0.39, 0.29) is 46.3 Å². The number of nitrogens with one attached hydrogen (secondary N) is 7. The van der Waals surface area contributed by atoms with Crippen molar-refractivity contribution >= 4 is 133 Å². The van der Waals surface area contributed by atoms with Crippen molar-refractivity contribution < 1.29 is 89.0 Å². The van der Waals surface area contributed by atoms with Crippen LogP contribution >= 0.6 is 50.7 Å². The molecule has 7 rings (SSSR count). The number of benzene rings is 6. The minimum Gasteiger partial charge on any atom is -0.494 e. The molecule has 14 amide bonds. The summed E-state index contributed by atoms with van der Waals surface area (Å²) in [5, 5.41) is 90.0. The van der Waals surface area contributed by atoms with Gasteiger partial charge in [-0.2, -0.15) is 30.4 Å². The van der Waals surface area contributed by atoms with E-state index in [9.17, 15) is 74.8 Å². The van der Waals surface area contributed by atoms with Crippen LogP contribution in [0.15, 0.2) is 138 Å². The van der Waals surface area contributed by atoms with Crippen molar-refractivity contribution in [2.24, 2.45) is 0 Å². The van der Waals surface area contributed by atoms with Gasteiger partial charge in [-0.25, -0.2) is 43.4 Å². The highest BCUT2D eigenvalue weighted by Crippen LogP contribution is 2.31. The van der Waals surface area contributed by atoms with E-state index in [1.54, 1.807) is 126 Å². The van der Waals surface area contributed by atoms with Gasteiger partial charge in [-0.3, -0.25) is 36.5 Å². The third kappa shape index (κ3) is 35.9. The Bertz CT molecular complexity index is 3790. The molecule has 0 spiro atoms. The molecule has 1 aliphatic carbocycles. The van der Waals surface area contributed by atoms with Crippen molar-refractivity contribution in [1.82, 2.24) is 42.3 Å². The summed E-state index contributed by atoms with van der Waals surface area (Å²) < 4.78 is 15.8. The number of para-hydroxylation sites is 3. The summed E-state index contributed by atoms with van der Waals surface area (Å²) in [6.45, 7) is 24.7. The number of amides is 14. The number of esters is 1. The van der Waals surface area contributed by atoms with Crippen LogP contribution in [0.5, 0.6) is 5.75 Å². The first-order chi connectivity index (χ1) is 52.1. The van der Waals surface area contributed by atoms with Crippen LogP contribution < -0.4 is 72.3 Å². The number of nitrogens with zero attached hydrogens (tertiary/aromatic N) is 7. The van der Waals surface area contributed by atoms with Crippen LogP contribution in [0.2, 0.25) is 15.1 Å². The zero-order valence-corrected chi connectivity index (χ0v) is 68.1. The first-order valence-electron chi connectivity index (χ1n) is 35.0. The average molecular weight is 1670 g/mol. The molecule has 1 fully saturated rings. The van der Waals surface area contributed by atoms with E-state index >= 15 is 0 Å². The van der Waals surface area contributed by atoms with Crippen LogP contribution in [0.25, 0.3) is 0 Å². The number of hydrogen-bond acceptors (Lipinski definition) is 18. The molecule has 0 aromatic heterocycles. The summed E-state index contributed by atoms with van der Waals surface area (Å²) in [6.07, 6.45) is 5.48. The fourth-order valence-corrected chi connectivity index (χ4v) is 9.96. The second kappa shape index (κ2) is 54.2. The molecular formula is C74H106BrCl3N14O18. The number of aryl methyl sites for hydroxylation is 2. The number of hydroxylamine groups is 8. The number of rotatable bonds is 20. The quantitative estimate of drug-likeness (QED) is 0.0192. The van der Waals surface area contributed by atoms with Crippen molar-refractivity contribution in [2.45, 2.75) is 146 Å². The Morgan fingerprint density at radius 3 is 1.42 bits per heavy atom. The molecule has 1 aliphatic rings. The zero-order valence-electron chi connectivity index (χ0n) is 64.3. The van der Waals surface area contributed by atoms with Crippen molar-refractivity contribution in [3.8, 4) is 5.75 Å². The molecular weight excluding hydrogens is 1560 g/mol. The normalized spacial score (nSPS) is 12.1. The standard InChI is InChI=1S/C12H16N2O4.C11H15ClN2O2.C11H16N2O3.C11H22N2O3.C11H16N2O2.C9H11BrN2O2.C9H10Cl2N2O2/c1-3-13-12(16)14(17)10-7-5-9(6-8-10)11(15)18-4-2;1-7(2)13-11(15)14(16)10-6-8(3)4-5-9(10)12;1-8(2)12-11(14)13(15)9-6-4-5-7-10(9)16-3;1-3-8-12-11(14)13(15)9-6-4-5-7-10(9)16-2;1-3-7-12-11(14)13(15)10-6-4-5-9(2)8-10;1-2-11-9(13)12(14)8-6-4-3-5-7(8)10;1-2-12-9(14)13(15)8-5-6(10)3-4-7(8)11/h5-8,17H,3-4H2,1-2H3,(H,13,16);4-7,16H,1-3H3,(H,13,15);4-8,15H,1-3H3,(H,12,14);9-10,15H,3-8H2,1-2H3,(H,12,14);4-6,8,15H,3,7H2,1-2H3,(H,12,14);3-6,14H,2H2,1H3,(H,11,13);3-5,15H,2H2,1H3,(H,12,14). The lowest BCUT2D eigenvalue weighted by Crippen LogP contribution is -2.51. The maximum Gasteiger partial charge on any atom is 0.346 e. The van der Waals surface area contributed by atoms with Crippen molar-refractivity contribution in [2.75, 3.05) is 83.9 Å². The molecule has 2 unspecified atom stereocenters. The summed E-state index contributed by atoms with van der Waals surface area (Å²) in [4.78, 5) is 91.2. The highest BCUT2D eigenvalue weighted by Gasteiger charge is 2.33. The molecule has 0 saturated heterocycles. The van der Waals surface area contributed by atoms with Gasteiger partial charge < -0.3 is 51.4 Å². The number of halogens is 4. The molecule has 36 heteroatoms. The summed E-state index contributed by atoms with van der Waals surface area (Å²) in [5.74, 6) is -0.00421. The molecule has 608 valence electrons. The van der Waals surface area contributed by atoms with E-state index in [0.717, 1.165) is 54.7 Å². The van der Waals surface area contributed by atoms with Gasteiger partial charge in [0.2, 0.25) is 0 Å². The summed E-state index contributed by atoms with van der Waals surface area (Å²) in [5.41, 5.74) is 4.17. The number of methoxy groups -OCH3 is 2. The predicted molar refractivity (Wildman–Crippen MR) is 428 cm³/mol. The van der Waals surface area contributed by atoms with Gasteiger partial charge >= 0.3 is 48.2 Å². The lowest BCUT2D eigenvalue weighted by Gasteiger charge is -2.35. The van der Waals surface area contributed by atoms with Crippen LogP contribution in [0.4, 0.5) is 67.7 Å². The van der Waals surface area contributed by atoms with E-state index in [1.165, 1.54) is 43.5 Å². The monoisotopic (exact) mass is 1660 g/mol. The topological polar surface area (TPSA) is 413 Å². The lowest BCUT2D eigenvalue weighted by molar-refractivity contribution is -0.130. The van der Waals surface area contributed by atoms with Crippen LogP contribution in [0.1, 0.15) is 129 Å². The zero-order chi connectivity index (χ0) is 83.2. The van der Waals surface area contributed by atoms with E-state index in [4.69, 9.17) is 49.0 Å². The van der Waals surface area contributed by atoms with E-state index in [0.29, 0.717) is 113 Å². The molecule has 0 radical (unpaired) electrons. The Morgan fingerprint density at radius 2 is 0.918 bits per heavy atom. The predicted octanol–water partition coefficient (Wildman–Crippen LogP) is 16.1. The van der Waals surface area contributed by atoms with Crippen molar-refractivity contribution in [1.29, 1.82) is 0 Å². The maximum absolute atomic E-state index is 11.6. The van der Waals surface area contributed by atoms with Crippen LogP contribution in [-0.2, 0) is 9.47 Å². The largest absolute Gasteiger partial charge is 0.494 e. The number of carbonyl (C=O) groups is 8. The fraction of sp³-hybridized carbons (Fsp3) is 0.405. The minimum atomic E-state index is -0.651. The smallest absolute Gasteiger partial charge is 0.346 e. The highest BCUT2D eigenvalue weighted by molar-refractivity contribution is 9.10. The van der Waals surface area contributed by atoms with Gasteiger partial charge in [0.05, 0.1) is 69.9 Å². The van der Waals surface area contributed by atoms with Gasteiger partial charge in [-0.1, -0.05) is 104 Å². The molecule has 14 N–H and O–H groups in total. The molecule has 32 nitrogen and oxygen atoms in total. The van der Waals surface area contributed by atoms with E-state index in [1.807, 2.05) is 61.5 Å². The summed E-state index contributed by atoms with van der Waals surface area (Å²) in [7, 11) is 3.10. The third-order valence-corrected chi connectivity index (χ3v) is 15.8. The first kappa shape index (κ1) is 98.5. The minimum absolute atomic E-state index is 0.0446. The second-order valence-electron chi connectivity index (χ2n) is 23.8. The van der Waals surface area contributed by atoms with Crippen LogP contribution in [0.3, 0.4) is 0 Å². The van der Waals surface area contributed by atoms with Gasteiger partial charge in [0.1, 0.15) is 11.4 Å². The molecule has 0 heterocycles. The third-order valence-electron chi connectivity index (χ3n) is 14.2. The number of hydrogen-bond donors (Lipinski definition) is 14.